The number of halogens is 1. The summed E-state index contributed by atoms with van der Waals surface area (Å²) < 4.78 is 5.78. The molecule has 108 valence electrons. The Morgan fingerprint density at radius 2 is 2.29 bits per heavy atom. The van der Waals surface area contributed by atoms with Gasteiger partial charge in [0, 0.05) is 22.6 Å². The van der Waals surface area contributed by atoms with Crippen LogP contribution in [0.25, 0.3) is 0 Å². The molecule has 2 saturated heterocycles. The minimum atomic E-state index is -1.24. The van der Waals surface area contributed by atoms with Crippen LogP contribution in [0.15, 0.2) is 36.4 Å². The minimum absolute atomic E-state index is 0.252. The number of hydrogen-bond donors (Lipinski definition) is 0. The van der Waals surface area contributed by atoms with Crippen molar-refractivity contribution in [2.45, 2.75) is 11.7 Å². The summed E-state index contributed by atoms with van der Waals surface area (Å²) in [6.07, 6.45) is 2.96. The quantitative estimate of drug-likeness (QED) is 0.741. The van der Waals surface area contributed by atoms with Gasteiger partial charge >= 0.3 is 0 Å². The summed E-state index contributed by atoms with van der Waals surface area (Å²) in [7, 11) is 0. The molecule has 0 aliphatic carbocycles. The highest BCUT2D eigenvalue weighted by atomic mass is 35.5. The number of anilines is 1. The third-order valence-electron chi connectivity index (χ3n) is 4.49. The number of carboxylic acids is 1. The van der Waals surface area contributed by atoms with E-state index in [1.165, 1.54) is 0 Å². The van der Waals surface area contributed by atoms with Crippen molar-refractivity contribution < 1.29 is 19.4 Å². The maximum atomic E-state index is 12.7. The van der Waals surface area contributed by atoms with Gasteiger partial charge in [0.05, 0.1) is 18.6 Å². The topological polar surface area (TPSA) is 69.7 Å². The SMILES string of the molecule is O=C([O-])[C@H]1[C@H]2C=C[C@@]3(CN(c4cccc(Cl)c4)C(=O)[C@@H]13)O2. The van der Waals surface area contributed by atoms with Gasteiger partial charge in [0.15, 0.2) is 0 Å². The highest BCUT2D eigenvalue weighted by molar-refractivity contribution is 6.31. The van der Waals surface area contributed by atoms with Crippen molar-refractivity contribution in [2.75, 3.05) is 11.4 Å². The van der Waals surface area contributed by atoms with Crippen LogP contribution in [0, 0.1) is 11.8 Å². The Morgan fingerprint density at radius 1 is 1.48 bits per heavy atom. The van der Waals surface area contributed by atoms with E-state index in [4.69, 9.17) is 16.3 Å². The largest absolute Gasteiger partial charge is 0.550 e. The van der Waals surface area contributed by atoms with E-state index < -0.39 is 29.5 Å². The summed E-state index contributed by atoms with van der Waals surface area (Å²) in [5, 5.41) is 11.9. The maximum absolute atomic E-state index is 12.7. The second-order valence-electron chi connectivity index (χ2n) is 5.62. The fourth-order valence-electron chi connectivity index (χ4n) is 3.63. The molecule has 21 heavy (non-hydrogen) atoms. The summed E-state index contributed by atoms with van der Waals surface area (Å²) in [5.74, 6) is -3.14. The molecule has 1 spiro atoms. The van der Waals surface area contributed by atoms with Crippen LogP contribution in [0.3, 0.4) is 0 Å². The second kappa shape index (κ2) is 4.08. The van der Waals surface area contributed by atoms with Crippen LogP contribution < -0.4 is 10.0 Å². The van der Waals surface area contributed by atoms with Crippen LogP contribution in [0.1, 0.15) is 0 Å². The molecule has 0 N–H and O–H groups in total. The standard InChI is InChI=1S/C15H12ClNO4/c16-8-2-1-3-9(6-8)17-7-15-5-4-10(21-15)11(14(19)20)12(15)13(17)18/h1-6,10-12H,7H2,(H,19,20)/p-1/t10-,11+,12-,15+/m1/s1. The van der Waals surface area contributed by atoms with Crippen molar-refractivity contribution >= 4 is 29.2 Å². The van der Waals surface area contributed by atoms with Gasteiger partial charge in [-0.3, -0.25) is 4.79 Å². The molecule has 0 unspecified atom stereocenters. The van der Waals surface area contributed by atoms with E-state index in [0.717, 1.165) is 0 Å². The maximum Gasteiger partial charge on any atom is 0.234 e. The lowest BCUT2D eigenvalue weighted by atomic mass is 9.77. The molecule has 0 aromatic heterocycles. The van der Waals surface area contributed by atoms with Crippen LogP contribution >= 0.6 is 11.6 Å². The first-order valence-corrected chi connectivity index (χ1v) is 7.05. The van der Waals surface area contributed by atoms with Crippen molar-refractivity contribution in [2.24, 2.45) is 11.8 Å². The first-order chi connectivity index (χ1) is 10.0. The lowest BCUT2D eigenvalue weighted by molar-refractivity contribution is -0.313. The summed E-state index contributed by atoms with van der Waals surface area (Å²) in [6, 6.07) is 6.92. The van der Waals surface area contributed by atoms with Crippen LogP contribution in [-0.4, -0.2) is 30.1 Å². The minimum Gasteiger partial charge on any atom is -0.550 e. The normalized spacial score (nSPS) is 36.3. The summed E-state index contributed by atoms with van der Waals surface area (Å²) in [6.45, 7) is 0.299. The smallest absolute Gasteiger partial charge is 0.234 e. The molecule has 3 aliphatic rings. The van der Waals surface area contributed by atoms with E-state index in [1.54, 1.807) is 35.2 Å². The Kier molecular flexibility index (Phi) is 2.50. The lowest BCUT2D eigenvalue weighted by Gasteiger charge is -2.24. The molecule has 5 nitrogen and oxygen atoms in total. The van der Waals surface area contributed by atoms with E-state index in [0.29, 0.717) is 17.3 Å². The highest BCUT2D eigenvalue weighted by Gasteiger charge is 2.65. The molecule has 4 rings (SSSR count). The molecule has 2 fully saturated rings. The van der Waals surface area contributed by atoms with Gasteiger partial charge in [-0.25, -0.2) is 0 Å². The number of rotatable bonds is 2. The lowest BCUT2D eigenvalue weighted by Crippen LogP contribution is -2.45. The van der Waals surface area contributed by atoms with E-state index in [1.807, 2.05) is 6.08 Å². The van der Waals surface area contributed by atoms with Crippen molar-refractivity contribution in [1.82, 2.24) is 0 Å². The van der Waals surface area contributed by atoms with E-state index in [2.05, 4.69) is 0 Å². The Balaban J connectivity index is 1.75. The van der Waals surface area contributed by atoms with Crippen LogP contribution in [-0.2, 0) is 14.3 Å². The van der Waals surface area contributed by atoms with Gasteiger partial charge in [0.1, 0.15) is 5.60 Å². The molecule has 1 aromatic carbocycles. The molecule has 6 heteroatoms. The molecule has 3 heterocycles. The Bertz CT molecular complexity index is 688. The summed E-state index contributed by atoms with van der Waals surface area (Å²) in [5.41, 5.74) is -0.205. The first-order valence-electron chi connectivity index (χ1n) is 6.67. The first kappa shape index (κ1) is 12.9. The molecule has 0 radical (unpaired) electrons. The van der Waals surface area contributed by atoms with Gasteiger partial charge in [-0.1, -0.05) is 29.8 Å². The predicted molar refractivity (Wildman–Crippen MR) is 72.5 cm³/mol. The Hall–Kier alpha value is -1.85. The van der Waals surface area contributed by atoms with Gasteiger partial charge in [-0.15, -0.1) is 0 Å². The Morgan fingerprint density at radius 3 is 3.00 bits per heavy atom. The zero-order chi connectivity index (χ0) is 14.8. The molecule has 3 aliphatic heterocycles. The number of fused-ring (bicyclic) bond motifs is 1. The molecule has 0 saturated carbocycles. The molecule has 2 bridgehead atoms. The average molecular weight is 305 g/mol. The zero-order valence-electron chi connectivity index (χ0n) is 10.9. The van der Waals surface area contributed by atoms with Crippen LogP contribution in [0.4, 0.5) is 5.69 Å². The average Bonchev–Trinajstić information content (AvgIpc) is 3.07. The number of benzene rings is 1. The monoisotopic (exact) mass is 304 g/mol. The van der Waals surface area contributed by atoms with Crippen molar-refractivity contribution in [3.63, 3.8) is 0 Å². The fourth-order valence-corrected chi connectivity index (χ4v) is 3.81. The van der Waals surface area contributed by atoms with Crippen molar-refractivity contribution in [3.8, 4) is 0 Å². The number of carbonyl (C=O) groups is 2. The number of amides is 1. The third kappa shape index (κ3) is 1.61. The van der Waals surface area contributed by atoms with E-state index in [9.17, 15) is 14.7 Å². The second-order valence-corrected chi connectivity index (χ2v) is 6.06. The number of nitrogens with zero attached hydrogens (tertiary/aromatic N) is 1. The number of carboxylic acid groups (broad SMARTS) is 1. The van der Waals surface area contributed by atoms with E-state index >= 15 is 0 Å². The molecule has 4 atom stereocenters. The van der Waals surface area contributed by atoms with Gasteiger partial charge in [-0.05, 0) is 18.2 Å². The number of hydrogen-bond acceptors (Lipinski definition) is 4. The van der Waals surface area contributed by atoms with E-state index in [-0.39, 0.29) is 5.91 Å². The van der Waals surface area contributed by atoms with Gasteiger partial charge in [0.2, 0.25) is 5.91 Å². The van der Waals surface area contributed by atoms with Gasteiger partial charge < -0.3 is 19.5 Å². The van der Waals surface area contributed by atoms with Crippen molar-refractivity contribution in [3.05, 3.63) is 41.4 Å². The van der Waals surface area contributed by atoms with Crippen molar-refractivity contribution in [1.29, 1.82) is 0 Å². The number of aliphatic carboxylic acids is 1. The number of carbonyl (C=O) groups excluding carboxylic acids is 2. The number of ether oxygens (including phenoxy) is 1. The molecule has 1 aromatic rings. The molecule has 1 amide bonds. The molecular formula is C15H11ClNO4-. The summed E-state index contributed by atoms with van der Waals surface area (Å²) in [4.78, 5) is 25.6. The predicted octanol–water partition coefficient (Wildman–Crippen LogP) is 0.376. The fraction of sp³-hybridized carbons (Fsp3) is 0.333. The summed E-state index contributed by atoms with van der Waals surface area (Å²) >= 11 is 5.96. The van der Waals surface area contributed by atoms with Gasteiger partial charge in [-0.2, -0.15) is 0 Å². The third-order valence-corrected chi connectivity index (χ3v) is 4.73. The highest BCUT2D eigenvalue weighted by Crippen LogP contribution is 2.52. The van der Waals surface area contributed by atoms with Crippen LogP contribution in [0.5, 0.6) is 0 Å². The zero-order valence-corrected chi connectivity index (χ0v) is 11.6. The Labute approximate surface area is 125 Å². The van der Waals surface area contributed by atoms with Gasteiger partial charge in [0.25, 0.3) is 0 Å². The molecular weight excluding hydrogens is 294 g/mol. The van der Waals surface area contributed by atoms with Crippen LogP contribution in [0.2, 0.25) is 5.02 Å².